The lowest BCUT2D eigenvalue weighted by Gasteiger charge is -2.31. The minimum Gasteiger partial charge on any atom is -0.445 e. The first-order valence-corrected chi connectivity index (χ1v) is 12.7. The Hall–Kier alpha value is -4.58. The molecule has 0 unspecified atom stereocenters. The first kappa shape index (κ1) is 25.1. The number of amides is 2. The molecule has 0 radical (unpaired) electrons. The first-order chi connectivity index (χ1) is 18.4. The van der Waals surface area contributed by atoms with Gasteiger partial charge in [0.25, 0.3) is 0 Å². The zero-order valence-electron chi connectivity index (χ0n) is 21.5. The van der Waals surface area contributed by atoms with Crippen molar-refractivity contribution in [3.05, 3.63) is 120 Å². The van der Waals surface area contributed by atoms with E-state index in [1.165, 1.54) is 0 Å². The van der Waals surface area contributed by atoms with Gasteiger partial charge in [0.1, 0.15) is 12.1 Å². The number of alkyl carbamates (subject to hydrolysis) is 1. The molecule has 0 saturated heterocycles. The average Bonchev–Trinajstić information content (AvgIpc) is 3.34. The van der Waals surface area contributed by atoms with Crippen LogP contribution in [0.2, 0.25) is 0 Å². The number of rotatable bonds is 8. The average molecular weight is 506 g/mol. The second kappa shape index (κ2) is 10.8. The molecule has 1 heterocycles. The van der Waals surface area contributed by atoms with E-state index in [0.717, 1.165) is 38.4 Å². The molecule has 2 amide bonds. The number of hydrogen-bond donors (Lipinski definition) is 3. The van der Waals surface area contributed by atoms with Gasteiger partial charge in [-0.15, -0.1) is 0 Å². The van der Waals surface area contributed by atoms with Gasteiger partial charge in [-0.25, -0.2) is 4.79 Å². The molecule has 3 N–H and O–H groups in total. The summed E-state index contributed by atoms with van der Waals surface area (Å²) in [7, 11) is 0. The fourth-order valence-corrected chi connectivity index (χ4v) is 4.76. The van der Waals surface area contributed by atoms with Crippen molar-refractivity contribution < 1.29 is 14.3 Å². The van der Waals surface area contributed by atoms with Crippen molar-refractivity contribution in [3.63, 3.8) is 0 Å². The SMILES string of the molecule is C[C@H](NC(=O)[C@@](C)(Cc1c[nH]c2ccccc12)NC(=O)OCc1ccc2ccccc2c1)c1ccccc1. The molecule has 0 bridgehead atoms. The number of carbonyl (C=O) groups excluding carboxylic acids is 2. The first-order valence-electron chi connectivity index (χ1n) is 12.7. The normalized spacial score (nSPS) is 13.5. The number of H-pyrrole nitrogens is 1. The molecule has 0 fully saturated rings. The van der Waals surface area contributed by atoms with E-state index in [-0.39, 0.29) is 25.0 Å². The highest BCUT2D eigenvalue weighted by molar-refractivity contribution is 5.92. The van der Waals surface area contributed by atoms with Gasteiger partial charge in [-0.3, -0.25) is 4.79 Å². The molecule has 6 heteroatoms. The molecular weight excluding hydrogens is 474 g/mol. The molecule has 0 spiro atoms. The molecule has 2 atom stereocenters. The Morgan fingerprint density at radius 2 is 1.61 bits per heavy atom. The molecule has 1 aromatic heterocycles. The van der Waals surface area contributed by atoms with Gasteiger partial charge in [-0.2, -0.15) is 0 Å². The molecule has 0 aliphatic heterocycles. The number of aromatic nitrogens is 1. The van der Waals surface area contributed by atoms with Crippen LogP contribution in [0, 0.1) is 0 Å². The highest BCUT2D eigenvalue weighted by atomic mass is 16.5. The van der Waals surface area contributed by atoms with Crippen LogP contribution >= 0.6 is 0 Å². The molecule has 4 aromatic carbocycles. The van der Waals surface area contributed by atoms with Crippen LogP contribution in [0.5, 0.6) is 0 Å². The Kier molecular flexibility index (Phi) is 7.13. The van der Waals surface area contributed by atoms with Gasteiger partial charge < -0.3 is 20.4 Å². The van der Waals surface area contributed by atoms with Crippen molar-refractivity contribution in [2.24, 2.45) is 0 Å². The van der Waals surface area contributed by atoms with Gasteiger partial charge in [0, 0.05) is 23.5 Å². The number of hydrogen-bond acceptors (Lipinski definition) is 3. The molecule has 5 rings (SSSR count). The zero-order valence-corrected chi connectivity index (χ0v) is 21.5. The third kappa shape index (κ3) is 5.54. The highest BCUT2D eigenvalue weighted by Crippen LogP contribution is 2.24. The number of aromatic amines is 1. The van der Waals surface area contributed by atoms with Gasteiger partial charge >= 0.3 is 6.09 Å². The van der Waals surface area contributed by atoms with E-state index >= 15 is 0 Å². The topological polar surface area (TPSA) is 83.2 Å². The summed E-state index contributed by atoms with van der Waals surface area (Å²) in [6.07, 6.45) is 1.52. The predicted molar refractivity (Wildman–Crippen MR) is 151 cm³/mol. The maximum absolute atomic E-state index is 13.7. The number of benzene rings is 4. The lowest BCUT2D eigenvalue weighted by Crippen LogP contribution is -2.58. The van der Waals surface area contributed by atoms with Crippen LogP contribution in [-0.2, 0) is 22.6 Å². The van der Waals surface area contributed by atoms with Crippen LogP contribution in [0.4, 0.5) is 4.79 Å². The summed E-state index contributed by atoms with van der Waals surface area (Å²) >= 11 is 0. The molecule has 192 valence electrons. The number of fused-ring (bicyclic) bond motifs is 2. The van der Waals surface area contributed by atoms with Crippen LogP contribution < -0.4 is 10.6 Å². The summed E-state index contributed by atoms with van der Waals surface area (Å²) in [4.78, 5) is 30.0. The van der Waals surface area contributed by atoms with Gasteiger partial charge in [0.05, 0.1) is 6.04 Å². The minimum absolute atomic E-state index is 0.0991. The summed E-state index contributed by atoms with van der Waals surface area (Å²) in [5.74, 6) is -0.290. The third-order valence-corrected chi connectivity index (χ3v) is 6.93. The van der Waals surface area contributed by atoms with Crippen molar-refractivity contribution in [3.8, 4) is 0 Å². The van der Waals surface area contributed by atoms with Gasteiger partial charge in [-0.05, 0) is 53.4 Å². The van der Waals surface area contributed by atoms with E-state index in [0.29, 0.717) is 0 Å². The van der Waals surface area contributed by atoms with Crippen LogP contribution in [0.1, 0.15) is 36.6 Å². The number of ether oxygens (including phenoxy) is 1. The zero-order chi connectivity index (χ0) is 26.5. The second-order valence-corrected chi connectivity index (χ2v) is 9.86. The van der Waals surface area contributed by atoms with E-state index in [2.05, 4.69) is 15.6 Å². The van der Waals surface area contributed by atoms with Gasteiger partial charge in [-0.1, -0.05) is 84.9 Å². The van der Waals surface area contributed by atoms with Gasteiger partial charge in [0.2, 0.25) is 5.91 Å². The highest BCUT2D eigenvalue weighted by Gasteiger charge is 2.37. The maximum Gasteiger partial charge on any atom is 0.408 e. The lowest BCUT2D eigenvalue weighted by atomic mass is 9.91. The van der Waals surface area contributed by atoms with E-state index in [1.807, 2.05) is 110 Å². The molecule has 0 saturated carbocycles. The van der Waals surface area contributed by atoms with E-state index in [4.69, 9.17) is 4.74 Å². The van der Waals surface area contributed by atoms with E-state index in [1.54, 1.807) is 6.92 Å². The Morgan fingerprint density at radius 1 is 0.895 bits per heavy atom. The number of para-hydroxylation sites is 1. The van der Waals surface area contributed by atoms with E-state index in [9.17, 15) is 9.59 Å². The van der Waals surface area contributed by atoms with E-state index < -0.39 is 11.6 Å². The Bertz CT molecular complexity index is 1580. The monoisotopic (exact) mass is 505 g/mol. The van der Waals surface area contributed by atoms with Crippen molar-refractivity contribution in [2.45, 2.75) is 38.5 Å². The lowest BCUT2D eigenvalue weighted by molar-refractivity contribution is -0.127. The fraction of sp³-hybridized carbons (Fsp3) is 0.188. The second-order valence-electron chi connectivity index (χ2n) is 9.86. The predicted octanol–water partition coefficient (Wildman–Crippen LogP) is 6.43. The van der Waals surface area contributed by atoms with Crippen molar-refractivity contribution in [2.75, 3.05) is 0 Å². The summed E-state index contributed by atoms with van der Waals surface area (Å²) in [5.41, 5.74) is 2.50. The molecule has 0 aliphatic carbocycles. The molecular formula is C32H31N3O3. The Labute approximate surface area is 222 Å². The molecule has 38 heavy (non-hydrogen) atoms. The summed E-state index contributed by atoms with van der Waals surface area (Å²) < 4.78 is 5.58. The van der Waals surface area contributed by atoms with Gasteiger partial charge in [0.15, 0.2) is 0 Å². The fourth-order valence-electron chi connectivity index (χ4n) is 4.76. The number of carbonyl (C=O) groups is 2. The minimum atomic E-state index is -1.26. The Morgan fingerprint density at radius 3 is 2.42 bits per heavy atom. The quantitative estimate of drug-likeness (QED) is 0.227. The third-order valence-electron chi connectivity index (χ3n) is 6.93. The summed E-state index contributed by atoms with van der Waals surface area (Å²) in [5, 5.41) is 9.16. The molecule has 0 aliphatic rings. The smallest absolute Gasteiger partial charge is 0.408 e. The summed E-state index contributed by atoms with van der Waals surface area (Å²) in [6.45, 7) is 3.76. The molecule has 6 nitrogen and oxygen atoms in total. The van der Waals surface area contributed by atoms with Crippen molar-refractivity contribution >= 4 is 33.7 Å². The summed E-state index contributed by atoms with van der Waals surface area (Å²) in [6, 6.07) is 31.4. The van der Waals surface area contributed by atoms with Crippen LogP contribution in [0.15, 0.2) is 103 Å². The molecule has 5 aromatic rings. The van der Waals surface area contributed by atoms with Crippen LogP contribution in [-0.4, -0.2) is 22.5 Å². The van der Waals surface area contributed by atoms with Crippen molar-refractivity contribution in [1.29, 1.82) is 0 Å². The largest absolute Gasteiger partial charge is 0.445 e. The van der Waals surface area contributed by atoms with Crippen LogP contribution in [0.3, 0.4) is 0 Å². The van der Waals surface area contributed by atoms with Crippen LogP contribution in [0.25, 0.3) is 21.7 Å². The standard InChI is InChI=1S/C32H31N3O3/c1-22(24-10-4-3-5-11-24)34-30(36)32(2,19-27-20-33-29-15-9-8-14-28(27)29)35-31(37)38-21-23-16-17-25-12-6-7-13-26(25)18-23/h3-18,20,22,33H,19,21H2,1-2H3,(H,34,36)(H,35,37)/t22-,32+/m0/s1. The Balaban J connectivity index is 1.34. The number of nitrogens with one attached hydrogen (secondary N) is 3. The maximum atomic E-state index is 13.7. The van der Waals surface area contributed by atoms with Crippen molar-refractivity contribution in [1.82, 2.24) is 15.6 Å².